The summed E-state index contributed by atoms with van der Waals surface area (Å²) in [5.41, 5.74) is 3.18. The molecule has 37 heavy (non-hydrogen) atoms. The van der Waals surface area contributed by atoms with Crippen molar-refractivity contribution in [2.24, 2.45) is 5.10 Å². The van der Waals surface area contributed by atoms with Gasteiger partial charge in [0.15, 0.2) is 0 Å². The number of aromatic hydroxyl groups is 1. The number of carbonyl (C=O) groups excluding carboxylic acids is 2. The Kier molecular flexibility index (Phi) is 8.47. The highest BCUT2D eigenvalue weighted by molar-refractivity contribution is 5.96. The SMILES string of the molecule is COc1cc(NC(=O)CCc2ccc(C(F)(F)F)cc2)ccc1/C=N/NC(=O)c1ccc(O)c(C#N)c1. The van der Waals surface area contributed by atoms with Crippen LogP contribution in [0.4, 0.5) is 18.9 Å². The van der Waals surface area contributed by atoms with Crippen molar-refractivity contribution >= 4 is 23.7 Å². The van der Waals surface area contributed by atoms with Crippen LogP contribution in [0, 0.1) is 11.3 Å². The van der Waals surface area contributed by atoms with Crippen molar-refractivity contribution in [2.75, 3.05) is 12.4 Å². The highest BCUT2D eigenvalue weighted by atomic mass is 19.4. The lowest BCUT2D eigenvalue weighted by Crippen LogP contribution is -2.17. The smallest absolute Gasteiger partial charge is 0.416 e. The molecule has 0 unspecified atom stereocenters. The maximum atomic E-state index is 12.7. The number of rotatable bonds is 8. The molecule has 3 aromatic carbocycles. The van der Waals surface area contributed by atoms with E-state index in [0.717, 1.165) is 12.1 Å². The number of nitriles is 1. The molecule has 0 radical (unpaired) electrons. The number of hydrogen-bond acceptors (Lipinski definition) is 6. The topological polar surface area (TPSA) is 124 Å². The number of aryl methyl sites for hydroxylation is 1. The lowest BCUT2D eigenvalue weighted by molar-refractivity contribution is -0.137. The zero-order valence-corrected chi connectivity index (χ0v) is 19.5. The zero-order valence-electron chi connectivity index (χ0n) is 19.5. The number of alkyl halides is 3. The van der Waals surface area contributed by atoms with E-state index in [4.69, 9.17) is 10.00 Å². The van der Waals surface area contributed by atoms with E-state index >= 15 is 0 Å². The summed E-state index contributed by atoms with van der Waals surface area (Å²) in [6.45, 7) is 0. The minimum atomic E-state index is -4.41. The molecule has 3 N–H and O–H groups in total. The van der Waals surface area contributed by atoms with Gasteiger partial charge in [0.05, 0.1) is 24.5 Å². The average molecular weight is 510 g/mol. The van der Waals surface area contributed by atoms with Gasteiger partial charge in [-0.2, -0.15) is 23.5 Å². The van der Waals surface area contributed by atoms with Gasteiger partial charge in [-0.15, -0.1) is 0 Å². The third kappa shape index (κ3) is 7.32. The third-order valence-electron chi connectivity index (χ3n) is 5.19. The van der Waals surface area contributed by atoms with Crippen molar-refractivity contribution in [2.45, 2.75) is 19.0 Å². The number of carbonyl (C=O) groups is 2. The number of benzene rings is 3. The Bertz CT molecular complexity index is 1360. The van der Waals surface area contributed by atoms with Gasteiger partial charge < -0.3 is 15.2 Å². The standard InChI is InChI=1S/C26H21F3N4O4/c1-37-23-13-21(32-24(35)11-4-16-2-7-20(8-3-16)26(27,28)29)9-5-18(23)15-31-33-25(36)17-6-10-22(34)19(12-17)14-30/h2-3,5-10,12-13,15,34H,4,11H2,1H3,(H,32,35)(H,33,36)/b31-15+. The summed E-state index contributed by atoms with van der Waals surface area (Å²) in [6, 6.07) is 15.0. The molecular formula is C26H21F3N4O4. The highest BCUT2D eigenvalue weighted by Gasteiger charge is 2.29. The maximum Gasteiger partial charge on any atom is 0.416 e. The maximum absolute atomic E-state index is 12.7. The first kappa shape index (κ1) is 26.7. The van der Waals surface area contributed by atoms with Crippen LogP contribution in [0.25, 0.3) is 0 Å². The summed E-state index contributed by atoms with van der Waals surface area (Å²) >= 11 is 0. The summed E-state index contributed by atoms with van der Waals surface area (Å²) in [5, 5.41) is 25.1. The second kappa shape index (κ2) is 11.7. The first-order valence-corrected chi connectivity index (χ1v) is 10.8. The Hall–Kier alpha value is -4.85. The molecule has 0 aliphatic carbocycles. The lowest BCUT2D eigenvalue weighted by atomic mass is 10.1. The van der Waals surface area contributed by atoms with E-state index in [1.807, 2.05) is 0 Å². The summed E-state index contributed by atoms with van der Waals surface area (Å²) in [7, 11) is 1.42. The molecule has 0 heterocycles. The fraction of sp³-hybridized carbons (Fsp3) is 0.154. The molecule has 3 aromatic rings. The Morgan fingerprint density at radius 1 is 1.11 bits per heavy atom. The van der Waals surface area contributed by atoms with E-state index < -0.39 is 17.6 Å². The number of hydrogen-bond donors (Lipinski definition) is 3. The van der Waals surface area contributed by atoms with Gasteiger partial charge in [0.1, 0.15) is 17.6 Å². The number of phenolic OH excluding ortho intramolecular Hbond substituents is 1. The van der Waals surface area contributed by atoms with Crippen LogP contribution in [0.3, 0.4) is 0 Å². The van der Waals surface area contributed by atoms with E-state index in [0.29, 0.717) is 22.6 Å². The predicted octanol–water partition coefficient (Wildman–Crippen LogP) is 4.63. The van der Waals surface area contributed by atoms with Crippen LogP contribution in [0.15, 0.2) is 65.8 Å². The average Bonchev–Trinajstić information content (AvgIpc) is 2.88. The van der Waals surface area contributed by atoms with Crippen molar-refractivity contribution in [1.29, 1.82) is 5.26 Å². The lowest BCUT2D eigenvalue weighted by Gasteiger charge is -2.10. The van der Waals surface area contributed by atoms with Gasteiger partial charge in [0, 0.05) is 29.3 Å². The van der Waals surface area contributed by atoms with E-state index in [1.54, 1.807) is 24.3 Å². The van der Waals surface area contributed by atoms with Crippen LogP contribution in [0.2, 0.25) is 0 Å². The van der Waals surface area contributed by atoms with Crippen molar-refractivity contribution in [1.82, 2.24) is 5.43 Å². The predicted molar refractivity (Wildman–Crippen MR) is 129 cm³/mol. The molecular weight excluding hydrogens is 489 g/mol. The van der Waals surface area contributed by atoms with E-state index in [9.17, 15) is 27.9 Å². The largest absolute Gasteiger partial charge is 0.507 e. The van der Waals surface area contributed by atoms with Crippen LogP contribution in [0.1, 0.15) is 39.0 Å². The number of halogens is 3. The molecule has 0 fully saturated rings. The normalized spacial score (nSPS) is 11.1. The number of phenols is 1. The van der Waals surface area contributed by atoms with Gasteiger partial charge >= 0.3 is 6.18 Å². The van der Waals surface area contributed by atoms with Crippen LogP contribution >= 0.6 is 0 Å². The van der Waals surface area contributed by atoms with E-state index in [-0.39, 0.29) is 35.6 Å². The molecule has 0 bridgehead atoms. The van der Waals surface area contributed by atoms with E-state index in [2.05, 4.69) is 15.8 Å². The number of methoxy groups -OCH3 is 1. The third-order valence-corrected chi connectivity index (χ3v) is 5.19. The highest BCUT2D eigenvalue weighted by Crippen LogP contribution is 2.29. The number of anilines is 1. The number of nitrogens with zero attached hydrogens (tertiary/aromatic N) is 2. The number of nitrogens with one attached hydrogen (secondary N) is 2. The summed E-state index contributed by atoms with van der Waals surface area (Å²) in [4.78, 5) is 24.5. The van der Waals surface area contributed by atoms with Gasteiger partial charge in [-0.05, 0) is 54.4 Å². The van der Waals surface area contributed by atoms with Crippen molar-refractivity contribution in [3.05, 3.63) is 88.5 Å². The minimum Gasteiger partial charge on any atom is -0.507 e. The van der Waals surface area contributed by atoms with Gasteiger partial charge in [0.2, 0.25) is 5.91 Å². The fourth-order valence-corrected chi connectivity index (χ4v) is 3.23. The Balaban J connectivity index is 1.57. The van der Waals surface area contributed by atoms with Gasteiger partial charge in [-0.3, -0.25) is 9.59 Å². The molecule has 0 atom stereocenters. The van der Waals surface area contributed by atoms with Gasteiger partial charge in [0.25, 0.3) is 5.91 Å². The van der Waals surface area contributed by atoms with Crippen molar-refractivity contribution < 1.29 is 32.6 Å². The summed E-state index contributed by atoms with van der Waals surface area (Å²) in [5.74, 6) is -0.807. The Labute approximate surface area is 210 Å². The van der Waals surface area contributed by atoms with Gasteiger partial charge in [-0.1, -0.05) is 12.1 Å². The summed E-state index contributed by atoms with van der Waals surface area (Å²) in [6.07, 6.45) is -2.75. The Morgan fingerprint density at radius 3 is 2.49 bits per heavy atom. The molecule has 8 nitrogen and oxygen atoms in total. The zero-order chi connectivity index (χ0) is 27.0. The molecule has 11 heteroatoms. The Morgan fingerprint density at radius 2 is 1.84 bits per heavy atom. The molecule has 2 amide bonds. The van der Waals surface area contributed by atoms with Crippen LogP contribution in [-0.2, 0) is 17.4 Å². The molecule has 190 valence electrons. The second-order valence-electron chi connectivity index (χ2n) is 7.74. The summed E-state index contributed by atoms with van der Waals surface area (Å²) < 4.78 is 43.3. The van der Waals surface area contributed by atoms with Crippen LogP contribution in [0.5, 0.6) is 11.5 Å². The van der Waals surface area contributed by atoms with Crippen LogP contribution in [-0.4, -0.2) is 30.2 Å². The monoisotopic (exact) mass is 510 g/mol. The molecule has 0 saturated carbocycles. The van der Waals surface area contributed by atoms with E-state index in [1.165, 1.54) is 43.7 Å². The first-order valence-electron chi connectivity index (χ1n) is 10.8. The van der Waals surface area contributed by atoms with Crippen molar-refractivity contribution in [3.63, 3.8) is 0 Å². The quantitative estimate of drug-likeness (QED) is 0.301. The first-order chi connectivity index (χ1) is 17.6. The van der Waals surface area contributed by atoms with Crippen LogP contribution < -0.4 is 15.5 Å². The molecule has 0 spiro atoms. The molecule has 0 saturated heterocycles. The molecule has 3 rings (SSSR count). The van der Waals surface area contributed by atoms with Crippen molar-refractivity contribution in [3.8, 4) is 17.6 Å². The molecule has 0 aliphatic heterocycles. The molecule has 0 aromatic heterocycles. The number of amides is 2. The fourth-order valence-electron chi connectivity index (χ4n) is 3.23. The number of hydrazone groups is 1. The van der Waals surface area contributed by atoms with Gasteiger partial charge in [-0.25, -0.2) is 5.43 Å². The minimum absolute atomic E-state index is 0.0460. The number of ether oxygens (including phenoxy) is 1. The second-order valence-corrected chi connectivity index (χ2v) is 7.74. The molecule has 0 aliphatic rings.